The Morgan fingerprint density at radius 1 is 0.541 bits per heavy atom. The average molecular weight is 940 g/mol. The Balaban J connectivity index is 0.000000284. The van der Waals surface area contributed by atoms with E-state index in [-0.39, 0.29) is 43.2 Å². The Morgan fingerprint density at radius 3 is 1.33 bits per heavy atom. The molecule has 2 aliphatic rings. The van der Waals surface area contributed by atoms with Gasteiger partial charge in [0.25, 0.3) is 0 Å². The number of hydrogen-bond acceptors (Lipinski definition) is 14. The van der Waals surface area contributed by atoms with Crippen LogP contribution < -0.4 is 21.4 Å². The number of hydrogen-bond donors (Lipinski definition) is 4. The molecule has 0 spiro atoms. The molecule has 0 atom stereocenters. The molecule has 8 aromatic heterocycles. The molecule has 0 saturated carbocycles. The van der Waals surface area contributed by atoms with E-state index in [1.807, 2.05) is 48.5 Å². The number of pyridine rings is 5. The number of nitrogens with two attached hydrogens (primary N) is 2. The third-order valence-electron chi connectivity index (χ3n) is 7.98. The summed E-state index contributed by atoms with van der Waals surface area (Å²) in [6, 6.07) is 16.7. The maximum atomic E-state index is 10.4. The summed E-state index contributed by atoms with van der Waals surface area (Å²) in [5, 5.41) is 18.5. The maximum absolute atomic E-state index is 10.4. The monoisotopic (exact) mass is 939 g/mol. The first-order valence-electron chi connectivity index (χ1n) is 16.4. The van der Waals surface area contributed by atoms with Crippen molar-refractivity contribution in [2.24, 2.45) is 11.5 Å². The van der Waals surface area contributed by atoms with E-state index in [4.69, 9.17) is 75.1 Å². The summed E-state index contributed by atoms with van der Waals surface area (Å²) < 4.78 is 0. The van der Waals surface area contributed by atoms with E-state index in [1.165, 1.54) is 18.3 Å². The molecule has 10 rings (SSSR count). The van der Waals surface area contributed by atoms with Crippen molar-refractivity contribution in [3.63, 3.8) is 0 Å². The number of fused-ring (bicyclic) bond motifs is 20. The fourth-order valence-electron chi connectivity index (χ4n) is 5.71. The van der Waals surface area contributed by atoms with E-state index < -0.39 is 23.7 Å². The number of carbonyl (C=O) groups is 3. The average Bonchev–Trinajstić information content (AvgIpc) is 3.97. The van der Waals surface area contributed by atoms with Gasteiger partial charge in [-0.3, -0.25) is 19.9 Å². The minimum atomic E-state index is -1.34. The molecule has 2 aliphatic heterocycles. The van der Waals surface area contributed by atoms with Gasteiger partial charge in [0.2, 0.25) is 0 Å². The molecule has 0 fully saturated rings. The summed E-state index contributed by atoms with van der Waals surface area (Å²) in [6.45, 7) is 0. The normalized spacial score (nSPS) is 10.4. The second-order valence-corrected chi connectivity index (χ2v) is 13.5. The number of primary amides is 2. The SMILES string of the molecule is C.NC(N)=O.O=C(O)c1cccnc1C(=O)O.[Cl][Mn][Cl].[Mn+2].c1cnc2c(c1)-c1nc-2nc2[n-]c(nc3nc(nc4[n-]c(n1)c1ncccc41)-c1ncccc1-3)c1ncccc21. The van der Waals surface area contributed by atoms with Gasteiger partial charge in [0.1, 0.15) is 23.0 Å². The first-order valence-corrected chi connectivity index (χ1v) is 19.7. The second kappa shape index (κ2) is 19.8. The quantitative estimate of drug-likeness (QED) is 0.161. The number of aromatic carboxylic acids is 2. The van der Waals surface area contributed by atoms with Crippen molar-refractivity contribution in [2.45, 2.75) is 7.43 Å². The Labute approximate surface area is 367 Å². The van der Waals surface area contributed by atoms with E-state index in [1.54, 1.807) is 24.8 Å². The topological polar surface area (TPSA) is 314 Å². The summed E-state index contributed by atoms with van der Waals surface area (Å²) in [6.07, 6.45) is 8.01. The molecule has 6 N–H and O–H groups in total. The van der Waals surface area contributed by atoms with Gasteiger partial charge in [-0.15, -0.1) is 0 Å². The summed E-state index contributed by atoms with van der Waals surface area (Å²) in [7, 11) is 9.59. The molecule has 2 amide bonds. The molecule has 24 heteroatoms. The number of carboxylic acids is 2. The fraction of sp³-hybridized carbons (Fsp3) is 0.0270. The molecule has 0 aliphatic carbocycles. The summed E-state index contributed by atoms with van der Waals surface area (Å²) >= 11 is 0.00694. The van der Waals surface area contributed by atoms with E-state index in [2.05, 4.69) is 36.4 Å². The molecular weight excluding hydrogens is 915 g/mol. The minimum Gasteiger partial charge on any atom is -0.356 e. The third-order valence-corrected chi connectivity index (χ3v) is 7.98. The van der Waals surface area contributed by atoms with E-state index in [9.17, 15) is 9.59 Å². The minimum absolute atomic E-state index is 0. The first kappa shape index (κ1) is 45.0. The predicted molar refractivity (Wildman–Crippen MR) is 216 cm³/mol. The number of urea groups is 1. The van der Waals surface area contributed by atoms with Crippen molar-refractivity contribution in [2.75, 3.05) is 0 Å². The molecule has 20 nitrogen and oxygen atoms in total. The second-order valence-electron chi connectivity index (χ2n) is 11.5. The van der Waals surface area contributed by atoms with E-state index >= 15 is 0 Å². The zero-order valence-corrected chi connectivity index (χ0v) is 33.6. The first-order chi connectivity index (χ1) is 28.6. The molecule has 306 valence electrons. The number of amides is 2. The molecule has 0 saturated heterocycles. The molecule has 10 heterocycles. The van der Waals surface area contributed by atoms with Crippen LogP contribution in [0.5, 0.6) is 0 Å². The smallest absolute Gasteiger partial charge is 0.356 e. The Bertz CT molecular complexity index is 2760. The van der Waals surface area contributed by atoms with Gasteiger partial charge in [-0.1, -0.05) is 19.6 Å². The zero-order chi connectivity index (χ0) is 41.6. The molecule has 0 aromatic carbocycles. The van der Waals surface area contributed by atoms with Crippen molar-refractivity contribution in [3.8, 4) is 45.8 Å². The van der Waals surface area contributed by atoms with Crippen molar-refractivity contribution in [1.29, 1.82) is 0 Å². The molecule has 61 heavy (non-hydrogen) atoms. The Morgan fingerprint density at radius 2 is 0.918 bits per heavy atom. The van der Waals surface area contributed by atoms with Gasteiger partial charge in [0.15, 0.2) is 5.69 Å². The Kier molecular flexibility index (Phi) is 14.6. The predicted octanol–water partition coefficient (Wildman–Crippen LogP) is 5.22. The molecular formula is C37H25Cl2Mn2N15O5. The number of carboxylic acid groups (broad SMARTS) is 2. The number of aromatic nitrogens is 13. The zero-order valence-electron chi connectivity index (χ0n) is 29.8. The molecule has 8 aromatic rings. The van der Waals surface area contributed by atoms with Crippen LogP contribution in [0.1, 0.15) is 28.3 Å². The van der Waals surface area contributed by atoms with Gasteiger partial charge in [0.05, 0.1) is 28.2 Å². The number of carbonyl (C=O) groups excluding carboxylic acids is 1. The van der Waals surface area contributed by atoms with Crippen molar-refractivity contribution in [1.82, 2.24) is 64.8 Å². The maximum Gasteiger partial charge on any atom is 2.00 e. The van der Waals surface area contributed by atoms with Crippen LogP contribution in [0.25, 0.3) is 90.2 Å². The molecule has 1 radical (unpaired) electrons. The summed E-state index contributed by atoms with van der Waals surface area (Å²) in [5.74, 6) is -1.02. The molecule has 0 unspecified atom stereocenters. The Hall–Kier alpha value is -7.06. The van der Waals surface area contributed by atoms with E-state index in [0.717, 1.165) is 21.9 Å². The van der Waals surface area contributed by atoms with Crippen LogP contribution in [-0.2, 0) is 30.2 Å². The van der Waals surface area contributed by atoms with Crippen LogP contribution in [0.15, 0.2) is 91.6 Å². The van der Waals surface area contributed by atoms with Crippen molar-refractivity contribution < 1.29 is 54.8 Å². The van der Waals surface area contributed by atoms with Crippen molar-refractivity contribution >= 4 is 82.6 Å². The van der Waals surface area contributed by atoms with Crippen LogP contribution in [-0.4, -0.2) is 83.0 Å². The number of halogens is 2. The largest absolute Gasteiger partial charge is 2.00 e. The van der Waals surface area contributed by atoms with Crippen LogP contribution >= 0.6 is 20.2 Å². The van der Waals surface area contributed by atoms with Crippen LogP contribution in [0.3, 0.4) is 0 Å². The van der Waals surface area contributed by atoms with Crippen LogP contribution in [0.2, 0.25) is 0 Å². The van der Waals surface area contributed by atoms with Gasteiger partial charge >= 0.3 is 68.4 Å². The molecule has 8 bridgehead atoms. The number of rotatable bonds is 2. The van der Waals surface area contributed by atoms with Crippen molar-refractivity contribution in [3.05, 3.63) is 103 Å². The van der Waals surface area contributed by atoms with Gasteiger partial charge < -0.3 is 51.6 Å². The summed E-state index contributed by atoms with van der Waals surface area (Å²) in [4.78, 5) is 89.7. The van der Waals surface area contributed by atoms with Crippen LogP contribution in [0.4, 0.5) is 4.79 Å². The summed E-state index contributed by atoms with van der Waals surface area (Å²) in [5.41, 5.74) is 13.2. The fourth-order valence-corrected chi connectivity index (χ4v) is 5.71. The van der Waals surface area contributed by atoms with Gasteiger partial charge in [0, 0.05) is 75.5 Å². The van der Waals surface area contributed by atoms with Gasteiger partial charge in [-0.25, -0.2) is 29.3 Å². The van der Waals surface area contributed by atoms with Crippen LogP contribution in [0, 0.1) is 0 Å². The van der Waals surface area contributed by atoms with Gasteiger partial charge in [-0.2, -0.15) is 0 Å². The third kappa shape index (κ3) is 9.55. The number of nitrogens with zero attached hydrogens (tertiary/aromatic N) is 13. The van der Waals surface area contributed by atoms with Gasteiger partial charge in [-0.05, 0) is 48.5 Å². The van der Waals surface area contributed by atoms with E-state index in [0.29, 0.717) is 68.3 Å². The standard InChI is InChI=1S/C28H12N12.C7H5NO4.CH4N2O.CH4.2ClH.2Mn/c1-5-13-17(29-9-1)25-33-21(13)37-26-18-14(6-2-10-30-18)23(34-26)39-28-20-16(8-4-12-32-20)24(36-28)40-27-19-15(7-3-11-31-19)22(35-27)38-25;9-6(10)4-2-1-3-8-5(4)7(11)12;2-1(3)4;;;;;/h1-12H;1-3H,(H,9,10)(H,11,12);(H4,2,3,4);1H4;2*1H;;/q-2;;;;;;2*+2/p-2.